The van der Waals surface area contributed by atoms with E-state index >= 15 is 0 Å². The van der Waals surface area contributed by atoms with Gasteiger partial charge in [0, 0.05) is 31.0 Å². The van der Waals surface area contributed by atoms with Crippen molar-refractivity contribution in [2.45, 2.75) is 57.7 Å². The minimum Gasteiger partial charge on any atom is -0.446 e. The van der Waals surface area contributed by atoms with E-state index in [-0.39, 0.29) is 23.9 Å². The molecule has 0 unspecified atom stereocenters. The van der Waals surface area contributed by atoms with Gasteiger partial charge in [-0.2, -0.15) is 0 Å². The predicted octanol–water partition coefficient (Wildman–Crippen LogP) is 1.63. The topological polar surface area (TPSA) is 59.6 Å². The maximum absolute atomic E-state index is 11.5. The van der Waals surface area contributed by atoms with E-state index in [0.29, 0.717) is 0 Å². The second-order valence-corrected chi connectivity index (χ2v) is 5.94. The molecule has 0 saturated carbocycles. The average molecular weight is 244 g/mol. The van der Waals surface area contributed by atoms with Crippen molar-refractivity contribution in [3.8, 4) is 0 Å². The molecule has 1 rings (SSSR count). The van der Waals surface area contributed by atoms with Crippen LogP contribution in [0.3, 0.4) is 0 Å². The predicted molar refractivity (Wildman–Crippen MR) is 65.8 cm³/mol. The summed E-state index contributed by atoms with van der Waals surface area (Å²) in [6, 6.07) is 0. The van der Waals surface area contributed by atoms with Crippen molar-refractivity contribution in [2.75, 3.05) is 13.8 Å². The number of alkyl carbamates (subject to hydrolysis) is 1. The summed E-state index contributed by atoms with van der Waals surface area (Å²) in [6.07, 6.45) is 1.16. The normalized spacial score (nSPS) is 23.1. The Bertz CT molecular complexity index is 261. The van der Waals surface area contributed by atoms with Gasteiger partial charge in [-0.15, -0.1) is 0 Å². The number of methoxy groups -OCH3 is 1. The molecule has 1 fully saturated rings. The summed E-state index contributed by atoms with van der Waals surface area (Å²) in [4.78, 5) is 11.5. The SMILES string of the molecule is COCNC(=O)OC1CC(C)(C)NC(C)(C)C1. The average Bonchev–Trinajstić information content (AvgIpc) is 2.09. The van der Waals surface area contributed by atoms with Crippen LogP contribution in [0.1, 0.15) is 40.5 Å². The number of ether oxygens (including phenoxy) is 2. The van der Waals surface area contributed by atoms with Gasteiger partial charge in [-0.05, 0) is 27.7 Å². The van der Waals surface area contributed by atoms with Crippen LogP contribution >= 0.6 is 0 Å². The molecule has 5 heteroatoms. The minimum absolute atomic E-state index is 0.0199. The zero-order valence-corrected chi connectivity index (χ0v) is 11.4. The lowest BCUT2D eigenvalue weighted by Crippen LogP contribution is -2.60. The van der Waals surface area contributed by atoms with E-state index in [4.69, 9.17) is 9.47 Å². The van der Waals surface area contributed by atoms with Crippen molar-refractivity contribution in [1.29, 1.82) is 0 Å². The number of carbonyl (C=O) groups is 1. The Morgan fingerprint density at radius 2 is 1.82 bits per heavy atom. The molecule has 0 aromatic carbocycles. The van der Waals surface area contributed by atoms with Gasteiger partial charge in [0.05, 0.1) is 0 Å². The van der Waals surface area contributed by atoms with Crippen molar-refractivity contribution in [2.24, 2.45) is 0 Å². The van der Waals surface area contributed by atoms with E-state index in [0.717, 1.165) is 12.8 Å². The van der Waals surface area contributed by atoms with Crippen molar-refractivity contribution >= 4 is 6.09 Å². The minimum atomic E-state index is -0.412. The van der Waals surface area contributed by atoms with Gasteiger partial charge >= 0.3 is 6.09 Å². The molecule has 0 spiro atoms. The highest BCUT2D eigenvalue weighted by atomic mass is 16.6. The number of carbonyl (C=O) groups excluding carboxylic acids is 1. The summed E-state index contributed by atoms with van der Waals surface area (Å²) in [5.74, 6) is 0. The summed E-state index contributed by atoms with van der Waals surface area (Å²) in [6.45, 7) is 8.67. The van der Waals surface area contributed by atoms with E-state index in [1.165, 1.54) is 7.11 Å². The van der Waals surface area contributed by atoms with E-state index in [1.54, 1.807) is 0 Å². The van der Waals surface area contributed by atoms with E-state index in [2.05, 4.69) is 38.3 Å². The fourth-order valence-corrected chi connectivity index (χ4v) is 2.64. The Labute approximate surface area is 103 Å². The third kappa shape index (κ3) is 4.91. The van der Waals surface area contributed by atoms with Gasteiger partial charge in [-0.25, -0.2) is 4.79 Å². The third-order valence-electron chi connectivity index (χ3n) is 2.79. The highest BCUT2D eigenvalue weighted by Gasteiger charge is 2.39. The zero-order valence-electron chi connectivity index (χ0n) is 11.4. The molecular weight excluding hydrogens is 220 g/mol. The molecule has 5 nitrogen and oxygen atoms in total. The first-order chi connectivity index (χ1) is 7.74. The maximum Gasteiger partial charge on any atom is 0.409 e. The Kier molecular flexibility index (Phi) is 4.38. The van der Waals surface area contributed by atoms with Gasteiger partial charge in [0.25, 0.3) is 0 Å². The Hall–Kier alpha value is -0.810. The molecule has 1 aliphatic rings. The largest absolute Gasteiger partial charge is 0.446 e. The molecule has 0 atom stereocenters. The highest BCUT2D eigenvalue weighted by Crippen LogP contribution is 2.30. The third-order valence-corrected chi connectivity index (χ3v) is 2.79. The molecule has 1 heterocycles. The number of amides is 1. The molecule has 0 aromatic heterocycles. The Morgan fingerprint density at radius 1 is 1.29 bits per heavy atom. The lowest BCUT2D eigenvalue weighted by atomic mass is 9.81. The fraction of sp³-hybridized carbons (Fsp3) is 0.917. The lowest BCUT2D eigenvalue weighted by Gasteiger charge is -2.45. The standard InChI is InChI=1S/C12H24N2O3/c1-11(2)6-9(7-12(3,4)14-11)17-10(15)13-8-16-5/h9,14H,6-8H2,1-5H3,(H,13,15). The van der Waals surface area contributed by atoms with Crippen molar-refractivity contribution < 1.29 is 14.3 Å². The van der Waals surface area contributed by atoms with Crippen LogP contribution in [0.15, 0.2) is 0 Å². The van der Waals surface area contributed by atoms with Crippen LogP contribution in [-0.2, 0) is 9.47 Å². The van der Waals surface area contributed by atoms with Crippen LogP contribution in [-0.4, -0.2) is 37.1 Å². The molecule has 1 aliphatic heterocycles. The summed E-state index contributed by atoms with van der Waals surface area (Å²) >= 11 is 0. The molecule has 17 heavy (non-hydrogen) atoms. The van der Waals surface area contributed by atoms with Crippen LogP contribution in [0.5, 0.6) is 0 Å². The van der Waals surface area contributed by atoms with Crippen molar-refractivity contribution in [1.82, 2.24) is 10.6 Å². The van der Waals surface area contributed by atoms with Gasteiger partial charge in [0.1, 0.15) is 12.8 Å². The van der Waals surface area contributed by atoms with Crippen LogP contribution < -0.4 is 10.6 Å². The second-order valence-electron chi connectivity index (χ2n) is 5.94. The molecule has 0 bridgehead atoms. The van der Waals surface area contributed by atoms with Crippen LogP contribution in [0.2, 0.25) is 0 Å². The molecule has 1 saturated heterocycles. The first-order valence-electron chi connectivity index (χ1n) is 5.97. The van der Waals surface area contributed by atoms with Gasteiger partial charge in [0.15, 0.2) is 0 Å². The molecule has 0 radical (unpaired) electrons. The van der Waals surface area contributed by atoms with Crippen LogP contribution in [0.4, 0.5) is 4.79 Å². The van der Waals surface area contributed by atoms with Crippen molar-refractivity contribution in [3.05, 3.63) is 0 Å². The first-order valence-corrected chi connectivity index (χ1v) is 5.97. The molecule has 100 valence electrons. The Morgan fingerprint density at radius 3 is 2.29 bits per heavy atom. The van der Waals surface area contributed by atoms with Gasteiger partial charge in [-0.3, -0.25) is 5.32 Å². The van der Waals surface area contributed by atoms with E-state index in [1.807, 2.05) is 0 Å². The smallest absolute Gasteiger partial charge is 0.409 e. The number of hydrogen-bond donors (Lipinski definition) is 2. The van der Waals surface area contributed by atoms with Gasteiger partial charge in [0.2, 0.25) is 0 Å². The highest BCUT2D eigenvalue weighted by molar-refractivity contribution is 5.67. The molecule has 1 amide bonds. The van der Waals surface area contributed by atoms with Gasteiger partial charge < -0.3 is 14.8 Å². The van der Waals surface area contributed by atoms with E-state index < -0.39 is 6.09 Å². The summed E-state index contributed by atoms with van der Waals surface area (Å²) < 4.78 is 10.2. The molecular formula is C12H24N2O3. The zero-order chi connectivity index (χ0) is 13.1. The summed E-state index contributed by atoms with van der Waals surface area (Å²) in [5, 5.41) is 6.07. The monoisotopic (exact) mass is 244 g/mol. The first kappa shape index (κ1) is 14.3. The van der Waals surface area contributed by atoms with Crippen molar-refractivity contribution in [3.63, 3.8) is 0 Å². The van der Waals surface area contributed by atoms with Gasteiger partial charge in [-0.1, -0.05) is 0 Å². The maximum atomic E-state index is 11.5. The number of piperidine rings is 1. The number of nitrogens with one attached hydrogen (secondary N) is 2. The molecule has 0 aromatic rings. The number of hydrogen-bond acceptors (Lipinski definition) is 4. The molecule has 0 aliphatic carbocycles. The van der Waals surface area contributed by atoms with E-state index in [9.17, 15) is 4.79 Å². The Balaban J connectivity index is 2.51. The number of rotatable bonds is 3. The fourth-order valence-electron chi connectivity index (χ4n) is 2.64. The second kappa shape index (κ2) is 5.23. The summed E-state index contributed by atoms with van der Waals surface area (Å²) in [5.41, 5.74) is -0.0398. The van der Waals surface area contributed by atoms with Crippen LogP contribution in [0, 0.1) is 0 Å². The summed E-state index contributed by atoms with van der Waals surface area (Å²) in [7, 11) is 1.52. The van der Waals surface area contributed by atoms with Crippen LogP contribution in [0.25, 0.3) is 0 Å². The molecule has 2 N–H and O–H groups in total. The lowest BCUT2D eigenvalue weighted by molar-refractivity contribution is 0.0154. The quantitative estimate of drug-likeness (QED) is 0.741.